The molecule has 1 unspecified atom stereocenters. The van der Waals surface area contributed by atoms with Gasteiger partial charge in [-0.05, 0) is 24.3 Å². The molecule has 136 valence electrons. The first kappa shape index (κ1) is 18.1. The molecule has 0 aliphatic heterocycles. The monoisotopic (exact) mass is 369 g/mol. The molecule has 26 heavy (non-hydrogen) atoms. The third kappa shape index (κ3) is 3.10. The summed E-state index contributed by atoms with van der Waals surface area (Å²) < 4.78 is 74.3. The second-order valence-electron chi connectivity index (χ2n) is 6.12. The van der Waals surface area contributed by atoms with Gasteiger partial charge >= 0.3 is 0 Å². The number of hydrogen-bond acceptors (Lipinski definition) is 3. The number of aliphatic hydroxyl groups is 1. The molecule has 0 spiro atoms. The van der Waals surface area contributed by atoms with Crippen LogP contribution < -0.4 is 4.74 Å². The third-order valence-electron chi connectivity index (χ3n) is 4.10. The molecule has 0 bridgehead atoms. The van der Waals surface area contributed by atoms with Crippen molar-refractivity contribution >= 4 is 0 Å². The Hall–Kier alpha value is -2.66. The van der Waals surface area contributed by atoms with Gasteiger partial charge < -0.3 is 9.84 Å². The van der Waals surface area contributed by atoms with Crippen LogP contribution in [0.25, 0.3) is 0 Å². The van der Waals surface area contributed by atoms with E-state index in [-0.39, 0.29) is 22.6 Å². The summed E-state index contributed by atoms with van der Waals surface area (Å²) in [4.78, 5) is 0. The van der Waals surface area contributed by atoms with Crippen molar-refractivity contribution in [1.29, 1.82) is 5.26 Å². The number of rotatable bonds is 3. The number of aliphatic hydroxyl groups excluding tert-OH is 1. The highest BCUT2D eigenvalue weighted by atomic mass is 19.3. The zero-order valence-electron chi connectivity index (χ0n) is 13.4. The van der Waals surface area contributed by atoms with Crippen LogP contribution >= 0.6 is 0 Å². The fourth-order valence-corrected chi connectivity index (χ4v) is 2.97. The summed E-state index contributed by atoms with van der Waals surface area (Å²) in [7, 11) is 0. The maximum atomic E-state index is 13.9. The molecule has 0 aromatic heterocycles. The molecule has 0 saturated heterocycles. The Morgan fingerprint density at radius 1 is 1.27 bits per heavy atom. The van der Waals surface area contributed by atoms with Crippen LogP contribution in [0.3, 0.4) is 0 Å². The molecule has 3 rings (SSSR count). The van der Waals surface area contributed by atoms with E-state index in [2.05, 4.69) is 0 Å². The van der Waals surface area contributed by atoms with Gasteiger partial charge in [0.1, 0.15) is 23.4 Å². The fraction of sp³-hybridized carbons (Fsp3) is 0.278. The number of alkyl halides is 4. The summed E-state index contributed by atoms with van der Waals surface area (Å²) in [6.07, 6.45) is -3.40. The van der Waals surface area contributed by atoms with E-state index in [1.807, 2.05) is 0 Å². The topological polar surface area (TPSA) is 53.2 Å². The van der Waals surface area contributed by atoms with Crippen LogP contribution in [-0.2, 0) is 12.3 Å². The van der Waals surface area contributed by atoms with E-state index in [0.717, 1.165) is 24.3 Å². The molecule has 0 saturated carbocycles. The minimum atomic E-state index is -3.64. The molecule has 2 aromatic rings. The van der Waals surface area contributed by atoms with Crippen molar-refractivity contribution in [3.05, 3.63) is 58.4 Å². The number of nitrogens with zero attached hydrogens (tertiary/aromatic N) is 1. The zero-order valence-corrected chi connectivity index (χ0v) is 13.4. The molecule has 0 radical (unpaired) electrons. The highest BCUT2D eigenvalue weighted by Crippen LogP contribution is 2.51. The molecule has 8 heteroatoms. The minimum Gasteiger partial charge on any atom is -0.457 e. The van der Waals surface area contributed by atoms with Gasteiger partial charge in [-0.1, -0.05) is 0 Å². The van der Waals surface area contributed by atoms with Gasteiger partial charge in [-0.25, -0.2) is 22.0 Å². The maximum Gasteiger partial charge on any atom is 0.281 e. The van der Waals surface area contributed by atoms with Crippen LogP contribution in [0.2, 0.25) is 0 Å². The Morgan fingerprint density at radius 3 is 2.58 bits per heavy atom. The quantitative estimate of drug-likeness (QED) is 0.789. The number of ether oxygens (including phenoxy) is 1. The molecule has 0 heterocycles. The van der Waals surface area contributed by atoms with Gasteiger partial charge in [0, 0.05) is 36.1 Å². The molecule has 1 N–H and O–H groups in total. The van der Waals surface area contributed by atoms with Gasteiger partial charge in [0.25, 0.3) is 11.8 Å². The highest BCUT2D eigenvalue weighted by molar-refractivity contribution is 5.54. The number of fused-ring (bicyclic) bond motifs is 1. The lowest BCUT2D eigenvalue weighted by Crippen LogP contribution is -2.23. The van der Waals surface area contributed by atoms with Gasteiger partial charge in [0.2, 0.25) is 0 Å². The lowest BCUT2D eigenvalue weighted by molar-refractivity contribution is -0.0985. The van der Waals surface area contributed by atoms with E-state index in [4.69, 9.17) is 10.00 Å². The summed E-state index contributed by atoms with van der Waals surface area (Å²) in [5, 5.41) is 18.7. The Morgan fingerprint density at radius 2 is 1.96 bits per heavy atom. The molecule has 3 nitrogen and oxygen atoms in total. The lowest BCUT2D eigenvalue weighted by atomic mass is 9.97. The van der Waals surface area contributed by atoms with Crippen LogP contribution in [-0.4, -0.2) is 11.0 Å². The Labute approximate surface area is 145 Å². The van der Waals surface area contributed by atoms with Crippen molar-refractivity contribution in [3.63, 3.8) is 0 Å². The van der Waals surface area contributed by atoms with Crippen molar-refractivity contribution in [1.82, 2.24) is 0 Å². The predicted octanol–water partition coefficient (Wildman–Crippen LogP) is 4.83. The van der Waals surface area contributed by atoms with Gasteiger partial charge in [-0.15, -0.1) is 0 Å². The van der Waals surface area contributed by atoms with Crippen molar-refractivity contribution in [2.24, 2.45) is 0 Å². The average molecular weight is 369 g/mol. The molecule has 0 fully saturated rings. The van der Waals surface area contributed by atoms with E-state index in [1.165, 1.54) is 6.07 Å². The Bertz CT molecular complexity index is 915. The molecule has 1 atom stereocenters. The number of benzene rings is 2. The molecule has 0 amide bonds. The summed E-state index contributed by atoms with van der Waals surface area (Å²) in [6, 6.07) is 6.74. The van der Waals surface area contributed by atoms with Crippen molar-refractivity contribution in [2.75, 3.05) is 0 Å². The van der Waals surface area contributed by atoms with Crippen LogP contribution in [0.4, 0.5) is 22.0 Å². The first-order valence-corrected chi connectivity index (χ1v) is 7.51. The van der Waals surface area contributed by atoms with Gasteiger partial charge in [0.15, 0.2) is 0 Å². The molecular weight excluding hydrogens is 357 g/mol. The first-order valence-electron chi connectivity index (χ1n) is 7.51. The average Bonchev–Trinajstić information content (AvgIpc) is 2.77. The highest BCUT2D eigenvalue weighted by Gasteiger charge is 2.51. The zero-order chi connectivity index (χ0) is 19.3. The largest absolute Gasteiger partial charge is 0.457 e. The number of halogens is 5. The predicted molar refractivity (Wildman–Crippen MR) is 80.8 cm³/mol. The van der Waals surface area contributed by atoms with Gasteiger partial charge in [0.05, 0.1) is 11.6 Å². The normalized spacial score (nSPS) is 18.3. The van der Waals surface area contributed by atoms with Gasteiger partial charge in [-0.3, -0.25) is 0 Å². The Balaban J connectivity index is 2.12. The van der Waals surface area contributed by atoms with Crippen LogP contribution in [0.5, 0.6) is 11.5 Å². The van der Waals surface area contributed by atoms with E-state index in [0.29, 0.717) is 6.92 Å². The number of hydrogen-bond donors (Lipinski definition) is 1. The fourth-order valence-electron chi connectivity index (χ4n) is 2.97. The first-order chi connectivity index (χ1) is 12.0. The molecule has 1 aliphatic carbocycles. The SMILES string of the molecule is CC(F)(F)c1ccc(Oc2cc(F)cc(C#N)c2)c2c1C(O)C(F)(F)C2. The maximum absolute atomic E-state index is 13.9. The van der Waals surface area contributed by atoms with Gasteiger partial charge in [-0.2, -0.15) is 5.26 Å². The van der Waals surface area contributed by atoms with E-state index in [9.17, 15) is 27.1 Å². The Kier molecular flexibility index (Phi) is 4.15. The van der Waals surface area contributed by atoms with E-state index < -0.39 is 41.3 Å². The van der Waals surface area contributed by atoms with E-state index >= 15 is 0 Å². The van der Waals surface area contributed by atoms with Crippen LogP contribution in [0.1, 0.15) is 35.3 Å². The molecule has 1 aliphatic rings. The minimum absolute atomic E-state index is 0.0567. The summed E-state index contributed by atoms with van der Waals surface area (Å²) in [5.41, 5.74) is -1.64. The van der Waals surface area contributed by atoms with Crippen LogP contribution in [0, 0.1) is 17.1 Å². The van der Waals surface area contributed by atoms with Crippen molar-refractivity contribution in [3.8, 4) is 17.6 Å². The van der Waals surface area contributed by atoms with E-state index in [1.54, 1.807) is 6.07 Å². The third-order valence-corrected chi connectivity index (χ3v) is 4.10. The summed E-state index contributed by atoms with van der Waals surface area (Å²) in [6.45, 7) is 0.540. The second-order valence-corrected chi connectivity index (χ2v) is 6.12. The van der Waals surface area contributed by atoms with Crippen molar-refractivity contribution in [2.45, 2.75) is 31.3 Å². The second kappa shape index (κ2) is 5.95. The lowest BCUT2D eigenvalue weighted by Gasteiger charge is -2.20. The standard InChI is InChI=1S/C18H12F5NO2/c1-17(20,21)13-2-3-14(12-7-18(22,23)16(25)15(12)13)26-11-5-9(8-24)4-10(19)6-11/h2-6,16,25H,7H2,1H3. The summed E-state index contributed by atoms with van der Waals surface area (Å²) in [5.74, 6) is -8.22. The summed E-state index contributed by atoms with van der Waals surface area (Å²) >= 11 is 0. The van der Waals surface area contributed by atoms with Crippen molar-refractivity contribution < 1.29 is 31.8 Å². The molecular formula is C18H12F5NO2. The number of nitriles is 1. The smallest absolute Gasteiger partial charge is 0.281 e. The van der Waals surface area contributed by atoms with Crippen LogP contribution in [0.15, 0.2) is 30.3 Å². The molecule has 2 aromatic carbocycles.